The van der Waals surface area contributed by atoms with Crippen LogP contribution in [0.5, 0.6) is 0 Å². The molecule has 3 heteroatoms. The van der Waals surface area contributed by atoms with E-state index in [0.717, 1.165) is 0 Å². The maximum absolute atomic E-state index is 4.58. The number of aromatic nitrogens is 1. The zero-order valence-corrected chi connectivity index (χ0v) is 18.7. The van der Waals surface area contributed by atoms with E-state index in [1.165, 1.54) is 10.8 Å². The molecule has 0 saturated carbocycles. The summed E-state index contributed by atoms with van der Waals surface area (Å²) in [5, 5.41) is 6.70. The number of hydrogen-bond acceptors (Lipinski definition) is 3. The average molecular weight is 438 g/mol. The number of nitrogens with zero attached hydrogens (tertiary/aromatic N) is 1. The molecule has 0 N–H and O–H groups in total. The third-order valence-electron chi connectivity index (χ3n) is 3.74. The summed E-state index contributed by atoms with van der Waals surface area (Å²) in [6.45, 7) is 0. The Kier molecular flexibility index (Phi) is 13.6. The van der Waals surface area contributed by atoms with Crippen LogP contribution in [0, 0.1) is 0 Å². The highest BCUT2D eigenvalue weighted by Gasteiger charge is 1.85. The Morgan fingerprint density at radius 1 is 0.438 bits per heavy atom. The van der Waals surface area contributed by atoms with Crippen molar-refractivity contribution in [3.05, 3.63) is 163 Å². The lowest BCUT2D eigenvalue weighted by Gasteiger charge is -1.92. The second kappa shape index (κ2) is 17.9. The van der Waals surface area contributed by atoms with E-state index >= 15 is 0 Å². The summed E-state index contributed by atoms with van der Waals surface area (Å²) in [5.41, 5.74) is 0. The fourth-order valence-corrected chi connectivity index (χ4v) is 2.74. The van der Waals surface area contributed by atoms with Crippen LogP contribution in [0.25, 0.3) is 10.8 Å². The van der Waals surface area contributed by atoms with Gasteiger partial charge in [0.05, 0.1) is 12.5 Å². The normalized spacial score (nSPS) is 8.62. The van der Waals surface area contributed by atoms with Gasteiger partial charge in [-0.15, -0.1) is 0 Å². The number of thiophene rings is 1. The third kappa shape index (κ3) is 12.6. The van der Waals surface area contributed by atoms with Gasteiger partial charge in [0.15, 0.2) is 0 Å². The highest BCUT2D eigenvalue weighted by Crippen LogP contribution is 2.11. The quantitative estimate of drug-likeness (QED) is 0.238. The minimum absolute atomic E-state index is 1.31. The van der Waals surface area contributed by atoms with E-state index in [-0.39, 0.29) is 0 Å². The summed E-state index contributed by atoms with van der Waals surface area (Å²) in [5.74, 6) is 0. The first-order valence-corrected chi connectivity index (χ1v) is 11.1. The van der Waals surface area contributed by atoms with Crippen molar-refractivity contribution in [2.24, 2.45) is 0 Å². The van der Waals surface area contributed by atoms with E-state index in [9.17, 15) is 0 Å². The molecule has 0 atom stereocenters. The SMILES string of the molecule is c1ccc2ccccc2c1.c1ccccc1.c1ccncc1.c1ccoc1.c1ccsc1. The van der Waals surface area contributed by atoms with Crippen molar-refractivity contribution < 1.29 is 4.42 Å². The molecule has 3 aromatic heterocycles. The molecule has 0 bridgehead atoms. The molecule has 0 amide bonds. The first kappa shape index (κ1) is 24.3. The lowest BCUT2D eigenvalue weighted by molar-refractivity contribution is 0.567. The molecule has 160 valence electrons. The van der Waals surface area contributed by atoms with Crippen LogP contribution in [0.2, 0.25) is 0 Å². The van der Waals surface area contributed by atoms with E-state index in [1.807, 2.05) is 89.6 Å². The van der Waals surface area contributed by atoms with Gasteiger partial charge >= 0.3 is 0 Å². The van der Waals surface area contributed by atoms with Crippen LogP contribution >= 0.6 is 11.3 Å². The maximum atomic E-state index is 4.58. The second-order valence-corrected chi connectivity index (χ2v) is 6.93. The van der Waals surface area contributed by atoms with Gasteiger partial charge in [0, 0.05) is 12.4 Å². The first-order valence-electron chi connectivity index (χ1n) is 10.2. The van der Waals surface area contributed by atoms with Gasteiger partial charge < -0.3 is 4.42 Å². The molecule has 32 heavy (non-hydrogen) atoms. The zero-order chi connectivity index (χ0) is 22.4. The highest BCUT2D eigenvalue weighted by atomic mass is 32.1. The number of rotatable bonds is 0. The van der Waals surface area contributed by atoms with Crippen LogP contribution in [0.4, 0.5) is 0 Å². The molecule has 0 fully saturated rings. The highest BCUT2D eigenvalue weighted by molar-refractivity contribution is 7.07. The molecule has 0 saturated heterocycles. The van der Waals surface area contributed by atoms with Crippen LogP contribution < -0.4 is 0 Å². The fourth-order valence-electron chi connectivity index (χ4n) is 2.28. The Hall–Kier alpha value is -3.95. The summed E-state index contributed by atoms with van der Waals surface area (Å²) >= 11 is 1.71. The molecule has 2 nitrogen and oxygen atoms in total. The van der Waals surface area contributed by atoms with E-state index in [2.05, 4.69) is 57.9 Å². The zero-order valence-electron chi connectivity index (χ0n) is 17.9. The minimum atomic E-state index is 1.31. The Morgan fingerprint density at radius 2 is 0.844 bits per heavy atom. The predicted molar refractivity (Wildman–Crippen MR) is 138 cm³/mol. The lowest BCUT2D eigenvalue weighted by Crippen LogP contribution is -1.67. The smallest absolute Gasteiger partial charge is 0.0902 e. The standard InChI is InChI=1S/C10H8.C6H6.C5H5N.C4H4O.C4H4S/c1-2-6-10-8-4-3-7-9(10)5-1;2*1-2-4-6-5-3-1;2*1-2-4-5-3-1/h1-8H;1-6H;1-5H;2*1-4H. The van der Waals surface area contributed by atoms with Gasteiger partial charge in [-0.3, -0.25) is 4.98 Å². The largest absolute Gasteiger partial charge is 0.473 e. The van der Waals surface area contributed by atoms with Crippen molar-refractivity contribution in [2.45, 2.75) is 0 Å². The van der Waals surface area contributed by atoms with Gasteiger partial charge in [-0.25, -0.2) is 0 Å². The molecule has 0 radical (unpaired) electrons. The van der Waals surface area contributed by atoms with Gasteiger partial charge in [0.1, 0.15) is 0 Å². The summed E-state index contributed by atoms with van der Waals surface area (Å²) in [4.78, 5) is 3.78. The molecule has 0 spiro atoms. The Labute approximate surface area is 194 Å². The molecule has 6 aromatic rings. The van der Waals surface area contributed by atoms with Crippen molar-refractivity contribution in [3.8, 4) is 0 Å². The molecule has 0 aliphatic carbocycles. The Morgan fingerprint density at radius 3 is 1.06 bits per heavy atom. The van der Waals surface area contributed by atoms with Crippen molar-refractivity contribution in [1.29, 1.82) is 0 Å². The van der Waals surface area contributed by atoms with Crippen molar-refractivity contribution in [2.75, 3.05) is 0 Å². The molecular weight excluding hydrogens is 410 g/mol. The van der Waals surface area contributed by atoms with Crippen molar-refractivity contribution in [1.82, 2.24) is 4.98 Å². The van der Waals surface area contributed by atoms with Gasteiger partial charge in [0.25, 0.3) is 0 Å². The first-order chi connectivity index (χ1) is 16.0. The molecule has 0 aliphatic heterocycles. The topological polar surface area (TPSA) is 26.0 Å². The predicted octanol–water partition coefficient (Wildman–Crippen LogP) is 8.64. The van der Waals surface area contributed by atoms with Crippen LogP contribution in [-0.4, -0.2) is 4.98 Å². The van der Waals surface area contributed by atoms with Crippen LogP contribution in [0.1, 0.15) is 0 Å². The summed E-state index contributed by atoms with van der Waals surface area (Å²) in [6, 6.07) is 42.1. The number of furan rings is 1. The van der Waals surface area contributed by atoms with E-state index in [4.69, 9.17) is 0 Å². The van der Waals surface area contributed by atoms with Crippen LogP contribution in [-0.2, 0) is 0 Å². The Balaban J connectivity index is 0.000000147. The maximum Gasteiger partial charge on any atom is 0.0902 e. The summed E-state index contributed by atoms with van der Waals surface area (Å²) in [6.07, 6.45) is 6.75. The number of pyridine rings is 1. The minimum Gasteiger partial charge on any atom is -0.473 e. The average Bonchev–Trinajstić information content (AvgIpc) is 3.67. The Bertz CT molecular complexity index is 899. The molecule has 0 unspecified atom stereocenters. The summed E-state index contributed by atoms with van der Waals surface area (Å²) in [7, 11) is 0. The summed E-state index contributed by atoms with van der Waals surface area (Å²) < 4.78 is 4.58. The third-order valence-corrected chi connectivity index (χ3v) is 4.37. The number of fused-ring (bicyclic) bond motifs is 1. The molecule has 6 rings (SSSR count). The molecule has 0 aliphatic rings. The van der Waals surface area contributed by atoms with Crippen LogP contribution in [0.15, 0.2) is 167 Å². The van der Waals surface area contributed by atoms with Gasteiger partial charge in [-0.1, -0.05) is 103 Å². The molecule has 3 aromatic carbocycles. The van der Waals surface area contributed by atoms with Gasteiger partial charge in [0.2, 0.25) is 0 Å². The van der Waals surface area contributed by atoms with Gasteiger partial charge in [-0.2, -0.15) is 11.3 Å². The monoisotopic (exact) mass is 437 g/mol. The second-order valence-electron chi connectivity index (χ2n) is 6.11. The van der Waals surface area contributed by atoms with E-state index < -0.39 is 0 Å². The van der Waals surface area contributed by atoms with Gasteiger partial charge in [-0.05, 0) is 45.8 Å². The van der Waals surface area contributed by atoms with Crippen molar-refractivity contribution in [3.63, 3.8) is 0 Å². The van der Waals surface area contributed by atoms with Crippen LogP contribution in [0.3, 0.4) is 0 Å². The number of hydrogen-bond donors (Lipinski definition) is 0. The molecule has 3 heterocycles. The van der Waals surface area contributed by atoms with Crippen molar-refractivity contribution >= 4 is 22.1 Å². The molecular formula is C29H27NOS. The van der Waals surface area contributed by atoms with E-state index in [1.54, 1.807) is 36.3 Å². The van der Waals surface area contributed by atoms with E-state index in [0.29, 0.717) is 0 Å². The lowest BCUT2D eigenvalue weighted by atomic mass is 10.1. The fraction of sp³-hybridized carbons (Fsp3) is 0. The number of benzene rings is 3.